The van der Waals surface area contributed by atoms with Crippen molar-refractivity contribution in [2.45, 2.75) is 25.6 Å². The van der Waals surface area contributed by atoms with Gasteiger partial charge in [0.1, 0.15) is 11.0 Å². The Balaban J connectivity index is 1.87. The van der Waals surface area contributed by atoms with Crippen LogP contribution >= 0.6 is 23.5 Å². The highest BCUT2D eigenvalue weighted by Gasteiger charge is 2.04. The van der Waals surface area contributed by atoms with Crippen molar-refractivity contribution in [1.29, 1.82) is 0 Å². The zero-order chi connectivity index (χ0) is 13.0. The monoisotopic (exact) mass is 281 g/mol. The van der Waals surface area contributed by atoms with Gasteiger partial charge in [-0.25, -0.2) is 0 Å². The smallest absolute Gasteiger partial charge is 0.230 e. The first-order chi connectivity index (χ1) is 8.65. The number of nitrogens with zero attached hydrogens (tertiary/aromatic N) is 2. The van der Waals surface area contributed by atoms with E-state index in [0.717, 1.165) is 16.6 Å². The molecule has 0 atom stereocenters. The molecule has 96 valence electrons. The third kappa shape index (κ3) is 3.68. The highest BCUT2D eigenvalue weighted by Crippen LogP contribution is 2.13. The van der Waals surface area contributed by atoms with Crippen LogP contribution in [0.25, 0.3) is 11.0 Å². The van der Waals surface area contributed by atoms with Gasteiger partial charge in [0.2, 0.25) is 5.91 Å². The quantitative estimate of drug-likeness (QED) is 0.914. The lowest BCUT2D eigenvalue weighted by atomic mass is 10.2. The summed E-state index contributed by atoms with van der Waals surface area (Å²) in [5.74, 6) is 0.586. The average molecular weight is 281 g/mol. The zero-order valence-corrected chi connectivity index (χ0v) is 12.0. The Morgan fingerprint density at radius 3 is 2.94 bits per heavy atom. The van der Waals surface area contributed by atoms with Crippen LogP contribution in [-0.4, -0.2) is 25.7 Å². The van der Waals surface area contributed by atoms with Crippen molar-refractivity contribution in [2.75, 3.05) is 5.75 Å². The minimum atomic E-state index is 0.0743. The normalized spacial score (nSPS) is 11.1. The molecule has 0 bridgehead atoms. The van der Waals surface area contributed by atoms with Crippen LogP contribution in [0.2, 0.25) is 0 Å². The Morgan fingerprint density at radius 1 is 1.39 bits per heavy atom. The van der Waals surface area contributed by atoms with Crippen LogP contribution in [0.1, 0.15) is 19.4 Å². The SMILES string of the molecule is CC(C)SCC(=O)NCc1ccc2nsnc2c1. The van der Waals surface area contributed by atoms with Gasteiger partial charge in [0.15, 0.2) is 0 Å². The molecule has 0 saturated heterocycles. The van der Waals surface area contributed by atoms with E-state index in [1.54, 1.807) is 11.8 Å². The van der Waals surface area contributed by atoms with Crippen LogP contribution < -0.4 is 5.32 Å². The van der Waals surface area contributed by atoms with Crippen molar-refractivity contribution < 1.29 is 4.79 Å². The van der Waals surface area contributed by atoms with Gasteiger partial charge in [-0.3, -0.25) is 4.79 Å². The predicted molar refractivity (Wildman–Crippen MR) is 76.9 cm³/mol. The Bertz CT molecular complexity index is 539. The van der Waals surface area contributed by atoms with Gasteiger partial charge in [0, 0.05) is 6.54 Å². The van der Waals surface area contributed by atoms with E-state index < -0.39 is 0 Å². The molecule has 0 radical (unpaired) electrons. The molecule has 6 heteroatoms. The Morgan fingerprint density at radius 2 is 2.17 bits per heavy atom. The summed E-state index contributed by atoms with van der Waals surface area (Å²) >= 11 is 2.85. The lowest BCUT2D eigenvalue weighted by Gasteiger charge is -2.06. The molecular weight excluding hydrogens is 266 g/mol. The van der Waals surface area contributed by atoms with E-state index in [4.69, 9.17) is 0 Å². The van der Waals surface area contributed by atoms with E-state index in [9.17, 15) is 4.79 Å². The third-order valence-electron chi connectivity index (χ3n) is 2.36. The first kappa shape index (κ1) is 13.3. The minimum absolute atomic E-state index is 0.0743. The van der Waals surface area contributed by atoms with E-state index in [-0.39, 0.29) is 5.91 Å². The van der Waals surface area contributed by atoms with Crippen LogP contribution in [0, 0.1) is 0 Å². The summed E-state index contributed by atoms with van der Waals surface area (Å²) in [7, 11) is 0. The molecular formula is C12H15N3OS2. The van der Waals surface area contributed by atoms with Crippen molar-refractivity contribution in [3.05, 3.63) is 23.8 Å². The number of rotatable bonds is 5. The molecule has 0 spiro atoms. The number of nitrogens with one attached hydrogen (secondary N) is 1. The highest BCUT2D eigenvalue weighted by atomic mass is 32.2. The van der Waals surface area contributed by atoms with Crippen molar-refractivity contribution in [2.24, 2.45) is 0 Å². The summed E-state index contributed by atoms with van der Waals surface area (Å²) in [5.41, 5.74) is 2.85. The van der Waals surface area contributed by atoms with E-state index in [2.05, 4.69) is 27.9 Å². The number of hydrogen-bond acceptors (Lipinski definition) is 5. The van der Waals surface area contributed by atoms with Gasteiger partial charge in [-0.1, -0.05) is 19.9 Å². The van der Waals surface area contributed by atoms with E-state index in [1.807, 2.05) is 18.2 Å². The molecule has 2 rings (SSSR count). The second-order valence-corrected chi connectivity index (χ2v) is 6.32. The number of carbonyl (C=O) groups excluding carboxylic acids is 1. The lowest BCUT2D eigenvalue weighted by Crippen LogP contribution is -2.25. The molecule has 1 heterocycles. The number of fused-ring (bicyclic) bond motifs is 1. The summed E-state index contributed by atoms with van der Waals surface area (Å²) in [5, 5.41) is 3.39. The fourth-order valence-corrected chi connectivity index (χ4v) is 2.54. The number of carbonyl (C=O) groups is 1. The molecule has 0 unspecified atom stereocenters. The van der Waals surface area contributed by atoms with Gasteiger partial charge in [0.25, 0.3) is 0 Å². The van der Waals surface area contributed by atoms with Crippen molar-refractivity contribution in [3.63, 3.8) is 0 Å². The van der Waals surface area contributed by atoms with Gasteiger partial charge < -0.3 is 5.32 Å². The third-order valence-corrected chi connectivity index (χ3v) is 4.01. The molecule has 0 fully saturated rings. The van der Waals surface area contributed by atoms with E-state index in [0.29, 0.717) is 17.5 Å². The summed E-state index contributed by atoms with van der Waals surface area (Å²) in [6, 6.07) is 5.87. The summed E-state index contributed by atoms with van der Waals surface area (Å²) in [6.45, 7) is 4.72. The topological polar surface area (TPSA) is 54.9 Å². The standard InChI is InChI=1S/C12H15N3OS2/c1-8(2)17-7-12(16)13-6-9-3-4-10-11(5-9)15-18-14-10/h3-5,8H,6-7H2,1-2H3,(H,13,16). The van der Waals surface area contributed by atoms with Crippen molar-refractivity contribution in [1.82, 2.24) is 14.1 Å². The second-order valence-electron chi connectivity index (χ2n) is 4.22. The first-order valence-corrected chi connectivity index (χ1v) is 7.52. The highest BCUT2D eigenvalue weighted by molar-refractivity contribution is 8.00. The summed E-state index contributed by atoms with van der Waals surface area (Å²) < 4.78 is 8.32. The van der Waals surface area contributed by atoms with Crippen molar-refractivity contribution >= 4 is 40.4 Å². The number of benzene rings is 1. The van der Waals surface area contributed by atoms with Crippen LogP contribution in [0.15, 0.2) is 18.2 Å². The zero-order valence-electron chi connectivity index (χ0n) is 10.3. The average Bonchev–Trinajstić information content (AvgIpc) is 2.81. The Hall–Kier alpha value is -1.14. The molecule has 4 nitrogen and oxygen atoms in total. The van der Waals surface area contributed by atoms with Crippen LogP contribution in [-0.2, 0) is 11.3 Å². The predicted octanol–water partition coefficient (Wildman–Crippen LogP) is 2.45. The van der Waals surface area contributed by atoms with E-state index in [1.165, 1.54) is 11.7 Å². The molecule has 1 amide bonds. The molecule has 0 aliphatic heterocycles. The maximum absolute atomic E-state index is 11.6. The Labute approximate surface area is 114 Å². The molecule has 2 aromatic rings. The molecule has 18 heavy (non-hydrogen) atoms. The fourth-order valence-electron chi connectivity index (χ4n) is 1.43. The number of aromatic nitrogens is 2. The number of amides is 1. The van der Waals surface area contributed by atoms with Crippen molar-refractivity contribution in [3.8, 4) is 0 Å². The van der Waals surface area contributed by atoms with Gasteiger partial charge in [-0.05, 0) is 22.9 Å². The molecule has 0 aliphatic rings. The summed E-state index contributed by atoms with van der Waals surface area (Å²) in [6.07, 6.45) is 0. The number of thioether (sulfide) groups is 1. The first-order valence-electron chi connectivity index (χ1n) is 5.74. The number of hydrogen-bond donors (Lipinski definition) is 1. The molecule has 1 aromatic heterocycles. The maximum atomic E-state index is 11.6. The maximum Gasteiger partial charge on any atom is 0.230 e. The summed E-state index contributed by atoms with van der Waals surface area (Å²) in [4.78, 5) is 11.6. The lowest BCUT2D eigenvalue weighted by molar-refractivity contribution is -0.118. The van der Waals surface area contributed by atoms with Crippen LogP contribution in [0.3, 0.4) is 0 Å². The Kier molecular flexibility index (Phi) is 4.54. The molecule has 1 N–H and O–H groups in total. The van der Waals surface area contributed by atoms with Gasteiger partial charge in [-0.15, -0.1) is 11.8 Å². The molecule has 1 aromatic carbocycles. The van der Waals surface area contributed by atoms with Crippen LogP contribution in [0.4, 0.5) is 0 Å². The largest absolute Gasteiger partial charge is 0.351 e. The van der Waals surface area contributed by atoms with Gasteiger partial charge >= 0.3 is 0 Å². The molecule has 0 aliphatic carbocycles. The molecule has 0 saturated carbocycles. The van der Waals surface area contributed by atoms with Gasteiger partial charge in [0.05, 0.1) is 17.5 Å². The fraction of sp³-hybridized carbons (Fsp3) is 0.417. The van der Waals surface area contributed by atoms with Crippen LogP contribution in [0.5, 0.6) is 0 Å². The van der Waals surface area contributed by atoms with E-state index >= 15 is 0 Å². The minimum Gasteiger partial charge on any atom is -0.351 e. The van der Waals surface area contributed by atoms with Gasteiger partial charge in [-0.2, -0.15) is 8.75 Å². The second kappa shape index (κ2) is 6.15.